The van der Waals surface area contributed by atoms with Gasteiger partial charge in [0.1, 0.15) is 50.0 Å². The molecule has 3 aromatic heterocycles. The maximum absolute atomic E-state index is 12.9. The van der Waals surface area contributed by atoms with Gasteiger partial charge in [0.15, 0.2) is 0 Å². The van der Waals surface area contributed by atoms with E-state index in [0.717, 1.165) is 91.7 Å². The van der Waals surface area contributed by atoms with E-state index in [4.69, 9.17) is 76.1 Å². The molecule has 17 nitrogen and oxygen atoms in total. The largest absolute Gasteiger partial charge is 0.490 e. The van der Waals surface area contributed by atoms with Crippen LogP contribution in [0.3, 0.4) is 0 Å². The molecule has 23 heteroatoms. The molecule has 0 saturated carbocycles. The zero-order valence-electron chi connectivity index (χ0n) is 56.0. The van der Waals surface area contributed by atoms with Crippen LogP contribution < -0.4 is 14.2 Å². The molecular formula is C77H73N9O8S6. The number of ether oxygens (including phenoxy) is 3. The van der Waals surface area contributed by atoms with Gasteiger partial charge in [-0.2, -0.15) is 15.3 Å². The molecule has 0 aliphatic carbocycles. The Bertz CT molecular complexity index is 4110. The highest BCUT2D eigenvalue weighted by molar-refractivity contribution is 8.27. The number of carbonyl (C=O) groups is 4. The van der Waals surface area contributed by atoms with E-state index in [0.29, 0.717) is 47.5 Å². The molecule has 0 radical (unpaired) electrons. The second kappa shape index (κ2) is 35.2. The molecule has 3 aliphatic heterocycles. The number of aliphatic carboxylic acids is 1. The predicted octanol–water partition coefficient (Wildman–Crippen LogP) is 17.2. The van der Waals surface area contributed by atoms with Gasteiger partial charge in [0.2, 0.25) is 0 Å². The Kier molecular flexibility index (Phi) is 26.1. The van der Waals surface area contributed by atoms with Crippen molar-refractivity contribution in [3.05, 3.63) is 252 Å². The van der Waals surface area contributed by atoms with Crippen molar-refractivity contribution in [3.63, 3.8) is 0 Å². The first kappa shape index (κ1) is 74.2. The summed E-state index contributed by atoms with van der Waals surface area (Å²) in [6.45, 7) is 25.2. The summed E-state index contributed by atoms with van der Waals surface area (Å²) in [6, 6.07) is 52.9. The monoisotopic (exact) mass is 1440 g/mol. The smallest absolute Gasteiger partial charge is 0.300 e. The number of amides is 3. The fourth-order valence-corrected chi connectivity index (χ4v) is 14.6. The number of carbonyl (C=O) groups excluding carboxylic acids is 3. The zero-order chi connectivity index (χ0) is 71.6. The average molecular weight is 1440 g/mol. The minimum atomic E-state index is -0.833. The van der Waals surface area contributed by atoms with Gasteiger partial charge in [-0.05, 0) is 169 Å². The minimum Gasteiger partial charge on any atom is -0.490 e. The van der Waals surface area contributed by atoms with Gasteiger partial charge in [-0.3, -0.25) is 33.9 Å². The summed E-state index contributed by atoms with van der Waals surface area (Å²) in [7, 11) is 0. The van der Waals surface area contributed by atoms with Crippen LogP contribution in [0, 0.1) is 0 Å². The van der Waals surface area contributed by atoms with Crippen molar-refractivity contribution >= 4 is 127 Å². The number of para-hydroxylation sites is 3. The molecule has 3 aliphatic rings. The van der Waals surface area contributed by atoms with Gasteiger partial charge in [0.25, 0.3) is 23.7 Å². The molecule has 0 spiro atoms. The second-order valence-corrected chi connectivity index (χ2v) is 28.0. The van der Waals surface area contributed by atoms with Crippen molar-refractivity contribution in [2.45, 2.75) is 66.6 Å². The van der Waals surface area contributed by atoms with Crippen LogP contribution in [0.5, 0.6) is 17.2 Å². The normalized spacial score (nSPS) is 14.7. The molecule has 510 valence electrons. The number of benzene rings is 6. The molecule has 0 bridgehead atoms. The van der Waals surface area contributed by atoms with Crippen molar-refractivity contribution in [3.8, 4) is 68.1 Å². The molecule has 0 unspecified atom stereocenters. The van der Waals surface area contributed by atoms with E-state index in [1.54, 1.807) is 32.9 Å². The summed E-state index contributed by atoms with van der Waals surface area (Å²) in [5.74, 6) is 1.24. The maximum Gasteiger partial charge on any atom is 0.300 e. The van der Waals surface area contributed by atoms with Crippen LogP contribution in [0.4, 0.5) is 0 Å². The lowest BCUT2D eigenvalue weighted by Crippen LogP contribution is -2.34. The Morgan fingerprint density at radius 2 is 0.660 bits per heavy atom. The number of hydrogen-bond acceptors (Lipinski definition) is 16. The third-order valence-electron chi connectivity index (χ3n) is 14.7. The fraction of sp³-hybridized carbons (Fsp3) is 0.169. The van der Waals surface area contributed by atoms with Crippen molar-refractivity contribution < 1.29 is 38.5 Å². The summed E-state index contributed by atoms with van der Waals surface area (Å²) >= 11 is 20.3. The van der Waals surface area contributed by atoms with Crippen LogP contribution in [-0.2, 0) is 19.2 Å². The second-order valence-electron chi connectivity index (χ2n) is 23.0. The number of rotatable bonds is 21. The van der Waals surface area contributed by atoms with Crippen LogP contribution in [0.1, 0.15) is 65.2 Å². The first-order valence-electron chi connectivity index (χ1n) is 31.6. The van der Waals surface area contributed by atoms with Gasteiger partial charge in [0.05, 0.1) is 48.9 Å². The molecule has 1 N–H and O–H groups in total. The van der Waals surface area contributed by atoms with Crippen molar-refractivity contribution in [2.75, 3.05) is 19.8 Å². The third kappa shape index (κ3) is 18.8. The van der Waals surface area contributed by atoms with Crippen LogP contribution in [0.15, 0.2) is 235 Å². The van der Waals surface area contributed by atoms with Gasteiger partial charge < -0.3 is 19.3 Å². The highest BCUT2D eigenvalue weighted by Gasteiger charge is 2.37. The molecular weight excluding hydrogens is 1370 g/mol. The van der Waals surface area contributed by atoms with E-state index in [-0.39, 0.29) is 35.8 Å². The lowest BCUT2D eigenvalue weighted by atomic mass is 10.1. The third-order valence-corrected chi connectivity index (χ3v) is 18.6. The Labute approximate surface area is 611 Å². The highest BCUT2D eigenvalue weighted by Crippen LogP contribution is 2.40. The lowest BCUT2D eigenvalue weighted by molar-refractivity contribution is -0.134. The summed E-state index contributed by atoms with van der Waals surface area (Å²) in [5, 5.41) is 21.9. The first-order chi connectivity index (χ1) is 48.2. The Hall–Kier alpha value is -10.0. The summed E-state index contributed by atoms with van der Waals surface area (Å²) < 4.78 is 24.0. The highest BCUT2D eigenvalue weighted by atomic mass is 32.2. The number of carboxylic acids is 1. The number of hydrogen-bond donors (Lipinski definition) is 1. The fourth-order valence-electron chi connectivity index (χ4n) is 10.1. The van der Waals surface area contributed by atoms with Crippen LogP contribution in [0.2, 0.25) is 0 Å². The quantitative estimate of drug-likeness (QED) is 0.0407. The van der Waals surface area contributed by atoms with E-state index in [1.165, 1.54) is 35.3 Å². The number of thioether (sulfide) groups is 3. The van der Waals surface area contributed by atoms with Crippen LogP contribution in [-0.4, -0.2) is 124 Å². The number of thiocarbonyl (C=S) groups is 3. The van der Waals surface area contributed by atoms with Gasteiger partial charge in [-0.25, -0.2) is 14.0 Å². The average Bonchev–Trinajstić information content (AvgIpc) is 1.59. The van der Waals surface area contributed by atoms with Gasteiger partial charge >= 0.3 is 0 Å². The molecule has 0 atom stereocenters. The SMILES string of the molecule is C=CCOc1ccc(-c2nn(-c3ccccc3)cc2/C=C2\SC(=S)N(C(C)C)C2=O)cc1.C=CCOc1ccc(-c2nn(-c3ccccc3)cc2/C=C2\SC(=S)N(C(C)C)C2=O)cc1.C=CCOc1ccc(-c2nn(-c3ccccc3)cc2/C=C2\SC(=S)N(C(C)C)C2=O)cc1.CC(=O)O. The zero-order valence-corrected chi connectivity index (χ0v) is 60.9. The maximum atomic E-state index is 12.9. The molecule has 3 amide bonds. The minimum absolute atomic E-state index is 0.0167. The van der Waals surface area contributed by atoms with Gasteiger partial charge in [-0.1, -0.05) is 165 Å². The van der Waals surface area contributed by atoms with E-state index >= 15 is 0 Å². The van der Waals surface area contributed by atoms with Gasteiger partial charge in [0, 0.05) is 77.0 Å². The molecule has 100 heavy (non-hydrogen) atoms. The van der Waals surface area contributed by atoms with E-state index < -0.39 is 5.97 Å². The molecule has 9 aromatic rings. The lowest BCUT2D eigenvalue weighted by Gasteiger charge is -2.18. The number of aromatic nitrogens is 6. The Morgan fingerprint density at radius 1 is 0.430 bits per heavy atom. The van der Waals surface area contributed by atoms with E-state index in [9.17, 15) is 14.4 Å². The van der Waals surface area contributed by atoms with E-state index in [2.05, 4.69) is 19.7 Å². The van der Waals surface area contributed by atoms with Crippen molar-refractivity contribution in [1.29, 1.82) is 0 Å². The van der Waals surface area contributed by atoms with Crippen LogP contribution >= 0.6 is 71.9 Å². The van der Waals surface area contributed by atoms with Crippen LogP contribution in [0.25, 0.3) is 69.1 Å². The molecule has 3 saturated heterocycles. The number of carboxylic acid groups (broad SMARTS) is 1. The summed E-state index contributed by atoms with van der Waals surface area (Å²) in [4.78, 5) is 54.5. The first-order valence-corrected chi connectivity index (χ1v) is 35.3. The number of nitrogens with zero attached hydrogens (tertiary/aromatic N) is 9. The Morgan fingerprint density at radius 3 is 0.860 bits per heavy atom. The van der Waals surface area contributed by atoms with Crippen molar-refractivity contribution in [2.24, 2.45) is 0 Å². The molecule has 3 fully saturated rings. The molecule has 6 aromatic carbocycles. The Balaban J connectivity index is 0.000000170. The van der Waals surface area contributed by atoms with E-state index in [1.807, 2.05) is 256 Å². The summed E-state index contributed by atoms with van der Waals surface area (Å²) in [5.41, 5.74) is 10.5. The topological polar surface area (TPSA) is 179 Å². The van der Waals surface area contributed by atoms with Gasteiger partial charge in [-0.15, -0.1) is 0 Å². The summed E-state index contributed by atoms with van der Waals surface area (Å²) in [6.07, 6.45) is 16.6. The predicted molar refractivity (Wildman–Crippen MR) is 418 cm³/mol. The molecule has 12 rings (SSSR count). The van der Waals surface area contributed by atoms with Crippen molar-refractivity contribution in [1.82, 2.24) is 44.0 Å². The molecule has 6 heterocycles. The standard InChI is InChI=1S/3C25H23N3O2S2.C2H4O2/c3*1-4-14-30-21-12-10-18(11-13-21)23-19(16-27(26-23)20-8-6-5-7-9-20)15-22-24(29)28(17(2)3)25(31)32-22;1-2(3)4/h3*4-13,15-17H,1,14H2,2-3H3;1H3,(H,3,4)/b3*22-15-;.